The zero-order valence-corrected chi connectivity index (χ0v) is 13.6. The van der Waals surface area contributed by atoms with E-state index in [0.717, 1.165) is 51.3 Å². The Labute approximate surface area is 132 Å². The molecule has 4 heteroatoms. The molecule has 0 spiro atoms. The summed E-state index contributed by atoms with van der Waals surface area (Å²) in [6.07, 6.45) is 3.15. The molecule has 1 aromatic rings. The van der Waals surface area contributed by atoms with E-state index >= 15 is 0 Å². The van der Waals surface area contributed by atoms with Gasteiger partial charge in [-0.3, -0.25) is 4.79 Å². The zero-order chi connectivity index (χ0) is 15.7. The number of rotatable bonds is 5. The molecule has 2 aliphatic rings. The maximum atomic E-state index is 11.6. The zero-order valence-electron chi connectivity index (χ0n) is 13.6. The second kappa shape index (κ2) is 5.92. The van der Waals surface area contributed by atoms with Crippen LogP contribution in [0.2, 0.25) is 0 Å². The fraction of sp³-hybridized carbons (Fsp3) is 0.611. The van der Waals surface area contributed by atoms with Gasteiger partial charge in [-0.15, -0.1) is 0 Å². The van der Waals surface area contributed by atoms with Crippen molar-refractivity contribution in [1.82, 2.24) is 4.90 Å². The van der Waals surface area contributed by atoms with Gasteiger partial charge >= 0.3 is 0 Å². The molecule has 2 aliphatic heterocycles. The topological polar surface area (TPSA) is 55.6 Å². The smallest absolute Gasteiger partial charge is 0.223 e. The molecule has 1 fully saturated rings. The quantitative estimate of drug-likeness (QED) is 0.905. The third-order valence-corrected chi connectivity index (χ3v) is 5.40. The van der Waals surface area contributed by atoms with Gasteiger partial charge in [0.1, 0.15) is 5.75 Å². The molecule has 4 nitrogen and oxygen atoms in total. The van der Waals surface area contributed by atoms with E-state index in [4.69, 9.17) is 10.5 Å². The van der Waals surface area contributed by atoms with Crippen LogP contribution in [0.25, 0.3) is 0 Å². The lowest BCUT2D eigenvalue weighted by Gasteiger charge is -2.28. The highest BCUT2D eigenvalue weighted by Crippen LogP contribution is 2.34. The van der Waals surface area contributed by atoms with Crippen LogP contribution in [-0.4, -0.2) is 37.0 Å². The molecule has 0 unspecified atom stereocenters. The Morgan fingerprint density at radius 2 is 2.27 bits per heavy atom. The first kappa shape index (κ1) is 15.3. The van der Waals surface area contributed by atoms with E-state index in [0.29, 0.717) is 5.92 Å². The number of benzene rings is 1. The fourth-order valence-corrected chi connectivity index (χ4v) is 3.51. The third kappa shape index (κ3) is 2.98. The van der Waals surface area contributed by atoms with Crippen LogP contribution in [0.5, 0.6) is 5.75 Å². The Bertz CT molecular complexity index is 568. The van der Waals surface area contributed by atoms with Crippen LogP contribution in [-0.2, 0) is 17.6 Å². The van der Waals surface area contributed by atoms with Gasteiger partial charge < -0.3 is 15.4 Å². The van der Waals surface area contributed by atoms with E-state index < -0.39 is 5.41 Å². The van der Waals surface area contributed by atoms with E-state index in [1.165, 1.54) is 11.1 Å². The Morgan fingerprint density at radius 3 is 3.05 bits per heavy atom. The number of amides is 1. The van der Waals surface area contributed by atoms with Crippen molar-refractivity contribution in [2.75, 3.05) is 26.2 Å². The maximum absolute atomic E-state index is 11.6. The average molecular weight is 302 g/mol. The molecular formula is C18H26N2O2. The molecule has 0 aromatic heterocycles. The molecule has 1 aromatic carbocycles. The summed E-state index contributed by atoms with van der Waals surface area (Å²) < 4.78 is 5.55. The average Bonchev–Trinajstić information content (AvgIpc) is 3.13. The lowest BCUT2D eigenvalue weighted by atomic mass is 9.78. The number of carbonyl (C=O) groups is 1. The summed E-state index contributed by atoms with van der Waals surface area (Å²) in [5, 5.41) is 0. The minimum atomic E-state index is -0.403. The van der Waals surface area contributed by atoms with Gasteiger partial charge in [0.15, 0.2) is 0 Å². The summed E-state index contributed by atoms with van der Waals surface area (Å²) >= 11 is 0. The second-order valence-corrected chi connectivity index (χ2v) is 7.16. The van der Waals surface area contributed by atoms with Gasteiger partial charge in [0.2, 0.25) is 5.91 Å². The SMILES string of the molecule is CC(C)(C(N)=O)[C@@H]1CCN(CCc2ccc3c(c2)CCO3)C1. The summed E-state index contributed by atoms with van der Waals surface area (Å²) in [6, 6.07) is 6.55. The first-order valence-corrected chi connectivity index (χ1v) is 8.23. The Hall–Kier alpha value is -1.55. The predicted molar refractivity (Wildman–Crippen MR) is 86.9 cm³/mol. The lowest BCUT2D eigenvalue weighted by Crippen LogP contribution is -2.39. The van der Waals surface area contributed by atoms with Crippen LogP contribution in [0.1, 0.15) is 31.4 Å². The van der Waals surface area contributed by atoms with Crippen LogP contribution < -0.4 is 10.5 Å². The first-order valence-electron chi connectivity index (χ1n) is 8.23. The second-order valence-electron chi connectivity index (χ2n) is 7.16. The minimum Gasteiger partial charge on any atom is -0.493 e. The van der Waals surface area contributed by atoms with E-state index in [-0.39, 0.29) is 5.91 Å². The molecule has 3 rings (SSSR count). The Balaban J connectivity index is 1.54. The fourth-order valence-electron chi connectivity index (χ4n) is 3.51. The van der Waals surface area contributed by atoms with Crippen molar-refractivity contribution in [2.24, 2.45) is 17.1 Å². The maximum Gasteiger partial charge on any atom is 0.223 e. The van der Waals surface area contributed by atoms with Gasteiger partial charge in [-0.2, -0.15) is 0 Å². The van der Waals surface area contributed by atoms with Gasteiger partial charge in [-0.05, 0) is 42.5 Å². The van der Waals surface area contributed by atoms with Crippen molar-refractivity contribution < 1.29 is 9.53 Å². The molecule has 1 atom stereocenters. The molecule has 120 valence electrons. The number of nitrogens with two attached hydrogens (primary N) is 1. The van der Waals surface area contributed by atoms with Crippen molar-refractivity contribution in [3.8, 4) is 5.75 Å². The van der Waals surface area contributed by atoms with Crippen LogP contribution in [0, 0.1) is 11.3 Å². The molecule has 0 radical (unpaired) electrons. The largest absolute Gasteiger partial charge is 0.493 e. The number of likely N-dealkylation sites (tertiary alicyclic amines) is 1. The molecular weight excluding hydrogens is 276 g/mol. The van der Waals surface area contributed by atoms with Gasteiger partial charge in [0.25, 0.3) is 0 Å². The van der Waals surface area contributed by atoms with Gasteiger partial charge in [0, 0.05) is 24.9 Å². The Morgan fingerprint density at radius 1 is 1.45 bits per heavy atom. The summed E-state index contributed by atoms with van der Waals surface area (Å²) in [6.45, 7) is 7.85. The summed E-state index contributed by atoms with van der Waals surface area (Å²) in [5.74, 6) is 1.24. The van der Waals surface area contributed by atoms with Crippen molar-refractivity contribution in [1.29, 1.82) is 0 Å². The normalized spacial score (nSPS) is 21.6. The van der Waals surface area contributed by atoms with Gasteiger partial charge in [-0.1, -0.05) is 26.0 Å². The first-order chi connectivity index (χ1) is 10.5. The van der Waals surface area contributed by atoms with E-state index in [9.17, 15) is 4.79 Å². The Kier molecular flexibility index (Phi) is 4.13. The van der Waals surface area contributed by atoms with Crippen molar-refractivity contribution in [2.45, 2.75) is 33.1 Å². The lowest BCUT2D eigenvalue weighted by molar-refractivity contribution is -0.128. The number of fused-ring (bicyclic) bond motifs is 1. The van der Waals surface area contributed by atoms with Gasteiger partial charge in [-0.25, -0.2) is 0 Å². The highest BCUT2D eigenvalue weighted by Gasteiger charge is 2.38. The number of ether oxygens (including phenoxy) is 1. The van der Waals surface area contributed by atoms with Gasteiger partial charge in [0.05, 0.1) is 6.61 Å². The summed E-state index contributed by atoms with van der Waals surface area (Å²) in [5.41, 5.74) is 7.86. The number of primary amides is 1. The van der Waals surface area contributed by atoms with Crippen LogP contribution in [0.15, 0.2) is 18.2 Å². The molecule has 0 saturated carbocycles. The van der Waals surface area contributed by atoms with Crippen LogP contribution >= 0.6 is 0 Å². The molecule has 2 heterocycles. The van der Waals surface area contributed by atoms with E-state index in [2.05, 4.69) is 23.1 Å². The molecule has 0 bridgehead atoms. The van der Waals surface area contributed by atoms with Crippen molar-refractivity contribution in [3.05, 3.63) is 29.3 Å². The highest BCUT2D eigenvalue weighted by atomic mass is 16.5. The number of hydrogen-bond donors (Lipinski definition) is 1. The van der Waals surface area contributed by atoms with E-state index in [1.54, 1.807) is 0 Å². The standard InChI is InChI=1S/C18H26N2O2/c1-18(2,17(19)21)15-6-9-20(12-15)8-5-13-3-4-16-14(11-13)7-10-22-16/h3-4,11,15H,5-10,12H2,1-2H3,(H2,19,21)/t15-/m1/s1. The number of nitrogens with zero attached hydrogens (tertiary/aromatic N) is 1. The summed E-state index contributed by atoms with van der Waals surface area (Å²) in [7, 11) is 0. The number of hydrogen-bond acceptors (Lipinski definition) is 3. The number of carbonyl (C=O) groups excluding carboxylic acids is 1. The molecule has 1 amide bonds. The van der Waals surface area contributed by atoms with Crippen molar-refractivity contribution in [3.63, 3.8) is 0 Å². The molecule has 2 N–H and O–H groups in total. The highest BCUT2D eigenvalue weighted by molar-refractivity contribution is 5.80. The predicted octanol–water partition coefficient (Wildman–Crippen LogP) is 2.00. The third-order valence-electron chi connectivity index (χ3n) is 5.40. The van der Waals surface area contributed by atoms with Crippen LogP contribution in [0.3, 0.4) is 0 Å². The molecule has 1 saturated heterocycles. The van der Waals surface area contributed by atoms with E-state index in [1.807, 2.05) is 13.8 Å². The van der Waals surface area contributed by atoms with Crippen LogP contribution in [0.4, 0.5) is 0 Å². The minimum absolute atomic E-state index is 0.182. The molecule has 0 aliphatic carbocycles. The summed E-state index contributed by atoms with van der Waals surface area (Å²) in [4.78, 5) is 14.1. The molecule has 22 heavy (non-hydrogen) atoms. The monoisotopic (exact) mass is 302 g/mol. The van der Waals surface area contributed by atoms with Crippen molar-refractivity contribution >= 4 is 5.91 Å².